The van der Waals surface area contributed by atoms with Crippen molar-refractivity contribution in [1.82, 2.24) is 4.98 Å². The predicted octanol–water partition coefficient (Wildman–Crippen LogP) is 2.76. The molecule has 1 heterocycles. The monoisotopic (exact) mass is 285 g/mol. The summed E-state index contributed by atoms with van der Waals surface area (Å²) in [5.41, 5.74) is 9.78. The van der Waals surface area contributed by atoms with Crippen molar-refractivity contribution in [3.8, 4) is 0 Å². The van der Waals surface area contributed by atoms with Crippen LogP contribution in [0, 0.1) is 6.92 Å². The highest BCUT2D eigenvalue weighted by Gasteiger charge is 2.13. The molecule has 3 N–H and O–H groups in total. The Hall–Kier alpha value is -2.56. The quantitative estimate of drug-likeness (QED) is 0.652. The molecule has 0 spiro atoms. The minimum Gasteiger partial charge on any atom is -0.462 e. The molecule has 21 heavy (non-hydrogen) atoms. The standard InChI is InChI=1S/C16H19N3O2/c1-3-21-16(20)13-5-4-6-14(15(13)17)19-10-12-7-8-18-9-11(12)2/h4-9,19H,3,10,17H2,1-2H3. The van der Waals surface area contributed by atoms with E-state index in [2.05, 4.69) is 10.3 Å². The van der Waals surface area contributed by atoms with Crippen LogP contribution in [0.3, 0.4) is 0 Å². The van der Waals surface area contributed by atoms with Crippen LogP contribution in [0.4, 0.5) is 11.4 Å². The van der Waals surface area contributed by atoms with Crippen LogP contribution in [0.1, 0.15) is 28.4 Å². The number of rotatable bonds is 5. The highest BCUT2D eigenvalue weighted by molar-refractivity contribution is 5.98. The van der Waals surface area contributed by atoms with Gasteiger partial charge < -0.3 is 15.8 Å². The van der Waals surface area contributed by atoms with E-state index >= 15 is 0 Å². The molecule has 0 radical (unpaired) electrons. The summed E-state index contributed by atoms with van der Waals surface area (Å²) in [6, 6.07) is 7.24. The number of carbonyl (C=O) groups is 1. The van der Waals surface area contributed by atoms with Crippen LogP contribution in [0.2, 0.25) is 0 Å². The van der Waals surface area contributed by atoms with Gasteiger partial charge in [-0.1, -0.05) is 6.07 Å². The molecular formula is C16H19N3O2. The van der Waals surface area contributed by atoms with Crippen molar-refractivity contribution in [3.63, 3.8) is 0 Å². The Balaban J connectivity index is 2.16. The smallest absolute Gasteiger partial charge is 0.340 e. The van der Waals surface area contributed by atoms with Crippen LogP contribution in [-0.4, -0.2) is 17.6 Å². The molecule has 1 aromatic carbocycles. The largest absolute Gasteiger partial charge is 0.462 e. The molecule has 5 nitrogen and oxygen atoms in total. The maximum atomic E-state index is 11.8. The Labute approximate surface area is 124 Å². The van der Waals surface area contributed by atoms with Crippen molar-refractivity contribution < 1.29 is 9.53 Å². The molecular weight excluding hydrogens is 266 g/mol. The number of esters is 1. The van der Waals surface area contributed by atoms with Crippen LogP contribution in [0.15, 0.2) is 36.7 Å². The average Bonchev–Trinajstić information content (AvgIpc) is 2.48. The van der Waals surface area contributed by atoms with Gasteiger partial charge in [-0.3, -0.25) is 4.98 Å². The Kier molecular flexibility index (Phi) is 4.77. The molecule has 0 aliphatic carbocycles. The van der Waals surface area contributed by atoms with Gasteiger partial charge in [0.2, 0.25) is 0 Å². The van der Waals surface area contributed by atoms with E-state index in [0.29, 0.717) is 24.4 Å². The Bertz CT molecular complexity index is 641. The van der Waals surface area contributed by atoms with Gasteiger partial charge in [-0.15, -0.1) is 0 Å². The number of nitrogens with one attached hydrogen (secondary N) is 1. The van der Waals surface area contributed by atoms with E-state index < -0.39 is 5.97 Å². The number of para-hydroxylation sites is 1. The second kappa shape index (κ2) is 6.74. The fourth-order valence-corrected chi connectivity index (χ4v) is 2.00. The van der Waals surface area contributed by atoms with E-state index in [0.717, 1.165) is 16.8 Å². The first-order valence-electron chi connectivity index (χ1n) is 6.82. The van der Waals surface area contributed by atoms with Crippen LogP contribution >= 0.6 is 0 Å². The Morgan fingerprint density at radius 3 is 2.90 bits per heavy atom. The maximum absolute atomic E-state index is 11.8. The van der Waals surface area contributed by atoms with Crippen molar-refractivity contribution in [2.75, 3.05) is 17.7 Å². The lowest BCUT2D eigenvalue weighted by atomic mass is 10.1. The minimum absolute atomic E-state index is 0.326. The highest BCUT2D eigenvalue weighted by Crippen LogP contribution is 2.24. The van der Waals surface area contributed by atoms with E-state index in [4.69, 9.17) is 10.5 Å². The van der Waals surface area contributed by atoms with E-state index in [-0.39, 0.29) is 0 Å². The SMILES string of the molecule is CCOC(=O)c1cccc(NCc2ccncc2C)c1N. The number of benzene rings is 1. The van der Waals surface area contributed by atoms with Crippen molar-refractivity contribution >= 4 is 17.3 Å². The molecule has 0 saturated heterocycles. The van der Waals surface area contributed by atoms with Crippen LogP contribution in [-0.2, 0) is 11.3 Å². The molecule has 0 atom stereocenters. The number of hydrogen-bond donors (Lipinski definition) is 2. The van der Waals surface area contributed by atoms with Gasteiger partial charge in [0, 0.05) is 18.9 Å². The summed E-state index contributed by atoms with van der Waals surface area (Å²) in [7, 11) is 0. The lowest BCUT2D eigenvalue weighted by Crippen LogP contribution is -2.11. The Morgan fingerprint density at radius 2 is 2.19 bits per heavy atom. The summed E-state index contributed by atoms with van der Waals surface area (Å²) in [6.45, 7) is 4.71. The molecule has 0 saturated carbocycles. The first-order valence-corrected chi connectivity index (χ1v) is 6.82. The van der Waals surface area contributed by atoms with Crippen molar-refractivity contribution in [1.29, 1.82) is 0 Å². The molecule has 2 rings (SSSR count). The van der Waals surface area contributed by atoms with Crippen LogP contribution in [0.25, 0.3) is 0 Å². The number of pyridine rings is 1. The molecule has 0 fully saturated rings. The summed E-state index contributed by atoms with van der Waals surface area (Å²) in [4.78, 5) is 15.9. The number of nitrogens with two attached hydrogens (primary N) is 1. The van der Waals surface area contributed by atoms with Gasteiger partial charge >= 0.3 is 5.97 Å². The van der Waals surface area contributed by atoms with Gasteiger partial charge in [0.1, 0.15) is 0 Å². The Morgan fingerprint density at radius 1 is 1.38 bits per heavy atom. The third kappa shape index (κ3) is 3.51. The molecule has 0 aliphatic rings. The summed E-state index contributed by atoms with van der Waals surface area (Å²) in [5.74, 6) is -0.404. The van der Waals surface area contributed by atoms with E-state index in [9.17, 15) is 4.79 Å². The number of anilines is 2. The lowest BCUT2D eigenvalue weighted by molar-refractivity contribution is 0.0527. The summed E-state index contributed by atoms with van der Waals surface area (Å²) in [6.07, 6.45) is 3.57. The van der Waals surface area contributed by atoms with E-state index in [1.54, 1.807) is 25.3 Å². The number of nitrogen functional groups attached to an aromatic ring is 1. The first-order chi connectivity index (χ1) is 10.1. The third-order valence-corrected chi connectivity index (χ3v) is 3.21. The maximum Gasteiger partial charge on any atom is 0.340 e. The normalized spacial score (nSPS) is 10.2. The first kappa shape index (κ1) is 14.8. The molecule has 1 aromatic heterocycles. The third-order valence-electron chi connectivity index (χ3n) is 3.21. The summed E-state index contributed by atoms with van der Waals surface area (Å²) >= 11 is 0. The van der Waals surface area contributed by atoms with Gasteiger partial charge in [-0.05, 0) is 43.2 Å². The predicted molar refractivity (Wildman–Crippen MR) is 83.1 cm³/mol. The second-order valence-corrected chi connectivity index (χ2v) is 4.64. The van der Waals surface area contributed by atoms with Crippen LogP contribution in [0.5, 0.6) is 0 Å². The molecule has 5 heteroatoms. The van der Waals surface area contributed by atoms with Gasteiger partial charge in [0.15, 0.2) is 0 Å². The number of nitrogens with zero attached hydrogens (tertiary/aromatic N) is 1. The van der Waals surface area contributed by atoms with Crippen LogP contribution < -0.4 is 11.1 Å². The van der Waals surface area contributed by atoms with Crippen molar-refractivity contribution in [3.05, 3.63) is 53.3 Å². The minimum atomic E-state index is -0.404. The summed E-state index contributed by atoms with van der Waals surface area (Å²) < 4.78 is 4.99. The number of aryl methyl sites for hydroxylation is 1. The van der Waals surface area contributed by atoms with Gasteiger partial charge in [0.25, 0.3) is 0 Å². The average molecular weight is 285 g/mol. The molecule has 0 aliphatic heterocycles. The lowest BCUT2D eigenvalue weighted by Gasteiger charge is -2.13. The van der Waals surface area contributed by atoms with Gasteiger partial charge in [0.05, 0.1) is 23.5 Å². The van der Waals surface area contributed by atoms with E-state index in [1.807, 2.05) is 25.3 Å². The number of hydrogen-bond acceptors (Lipinski definition) is 5. The fourth-order valence-electron chi connectivity index (χ4n) is 2.00. The zero-order valence-electron chi connectivity index (χ0n) is 12.2. The molecule has 110 valence electrons. The van der Waals surface area contributed by atoms with Gasteiger partial charge in [-0.2, -0.15) is 0 Å². The molecule has 0 amide bonds. The number of ether oxygens (including phenoxy) is 1. The zero-order chi connectivity index (χ0) is 15.2. The molecule has 0 bridgehead atoms. The number of aromatic nitrogens is 1. The fraction of sp³-hybridized carbons (Fsp3) is 0.250. The zero-order valence-corrected chi connectivity index (χ0v) is 12.2. The topological polar surface area (TPSA) is 77.2 Å². The second-order valence-electron chi connectivity index (χ2n) is 4.64. The molecule has 0 unspecified atom stereocenters. The molecule has 2 aromatic rings. The summed E-state index contributed by atoms with van der Waals surface area (Å²) in [5, 5.41) is 3.25. The van der Waals surface area contributed by atoms with Gasteiger partial charge in [-0.25, -0.2) is 4.79 Å². The van der Waals surface area contributed by atoms with Crippen molar-refractivity contribution in [2.24, 2.45) is 0 Å². The highest BCUT2D eigenvalue weighted by atomic mass is 16.5. The van der Waals surface area contributed by atoms with Crippen molar-refractivity contribution in [2.45, 2.75) is 20.4 Å². The number of carbonyl (C=O) groups excluding carboxylic acids is 1. The van der Waals surface area contributed by atoms with E-state index in [1.165, 1.54) is 0 Å².